The Hall–Kier alpha value is -1.78. The molecule has 3 N–H and O–H groups in total. The first-order valence-electron chi connectivity index (χ1n) is 4.76. The molecule has 1 amide bonds. The molecule has 0 radical (unpaired) electrons. The summed E-state index contributed by atoms with van der Waals surface area (Å²) >= 11 is 0. The smallest absolute Gasteiger partial charge is 0.303 e. The molecule has 1 rings (SSSR count). The number of hydrogen-bond acceptors (Lipinski definition) is 2. The Kier molecular flexibility index (Phi) is 4.40. The Balaban J connectivity index is 2.42. The predicted octanol–water partition coefficient (Wildman–Crippen LogP) is 0.537. The zero-order valence-electron chi connectivity index (χ0n) is 8.27. The van der Waals surface area contributed by atoms with Crippen molar-refractivity contribution in [1.82, 2.24) is 10.3 Å². The van der Waals surface area contributed by atoms with Crippen molar-refractivity contribution in [2.24, 2.45) is 0 Å². The molecule has 1 heterocycles. The zero-order chi connectivity index (χ0) is 11.1. The van der Waals surface area contributed by atoms with Gasteiger partial charge in [0.05, 0.1) is 0 Å². The second-order valence-electron chi connectivity index (χ2n) is 3.31. The Morgan fingerprint density at radius 1 is 1.67 bits per heavy atom. The molecule has 1 aromatic rings. The van der Waals surface area contributed by atoms with E-state index in [1.165, 1.54) is 0 Å². The molecule has 82 valence electrons. The van der Waals surface area contributed by atoms with E-state index in [0.29, 0.717) is 19.3 Å². The van der Waals surface area contributed by atoms with Crippen LogP contribution >= 0.6 is 0 Å². The van der Waals surface area contributed by atoms with E-state index in [4.69, 9.17) is 5.11 Å². The van der Waals surface area contributed by atoms with Gasteiger partial charge < -0.3 is 15.4 Å². The van der Waals surface area contributed by atoms with Crippen LogP contribution in [0, 0.1) is 0 Å². The summed E-state index contributed by atoms with van der Waals surface area (Å²) in [6, 6.07) is 3.64. The Labute approximate surface area is 87.5 Å². The number of rotatable bonds is 7. The van der Waals surface area contributed by atoms with Crippen molar-refractivity contribution in [2.75, 3.05) is 0 Å². The van der Waals surface area contributed by atoms with Crippen LogP contribution in [0.15, 0.2) is 18.3 Å². The molecule has 0 bridgehead atoms. The van der Waals surface area contributed by atoms with Crippen LogP contribution in [0.5, 0.6) is 0 Å². The van der Waals surface area contributed by atoms with Gasteiger partial charge in [-0.3, -0.25) is 9.59 Å². The van der Waals surface area contributed by atoms with Crippen LogP contribution in [0.3, 0.4) is 0 Å². The molecule has 0 saturated carbocycles. The van der Waals surface area contributed by atoms with Crippen LogP contribution in [0.4, 0.5) is 0 Å². The van der Waals surface area contributed by atoms with E-state index in [9.17, 15) is 9.59 Å². The minimum absolute atomic E-state index is 0.0617. The number of aliphatic carboxylic acids is 1. The monoisotopic (exact) mass is 210 g/mol. The van der Waals surface area contributed by atoms with Gasteiger partial charge in [-0.25, -0.2) is 0 Å². The molecular formula is C10H14N2O3. The molecule has 15 heavy (non-hydrogen) atoms. The van der Waals surface area contributed by atoms with Crippen LogP contribution in [0.2, 0.25) is 0 Å². The fourth-order valence-electron chi connectivity index (χ4n) is 1.40. The van der Waals surface area contributed by atoms with Gasteiger partial charge in [-0.1, -0.05) is 0 Å². The summed E-state index contributed by atoms with van der Waals surface area (Å²) in [4.78, 5) is 23.7. The lowest BCUT2D eigenvalue weighted by Crippen LogP contribution is -2.30. The van der Waals surface area contributed by atoms with Crippen molar-refractivity contribution in [3.05, 3.63) is 24.0 Å². The highest BCUT2D eigenvalue weighted by Crippen LogP contribution is 2.05. The Bertz CT molecular complexity index is 308. The third-order valence-corrected chi connectivity index (χ3v) is 2.14. The first kappa shape index (κ1) is 11.3. The van der Waals surface area contributed by atoms with Crippen LogP contribution < -0.4 is 5.32 Å². The van der Waals surface area contributed by atoms with Gasteiger partial charge in [0.2, 0.25) is 6.41 Å². The van der Waals surface area contributed by atoms with Gasteiger partial charge >= 0.3 is 5.97 Å². The zero-order valence-corrected chi connectivity index (χ0v) is 8.27. The number of amides is 1. The van der Waals surface area contributed by atoms with Gasteiger partial charge in [0.1, 0.15) is 0 Å². The summed E-state index contributed by atoms with van der Waals surface area (Å²) in [5.74, 6) is -0.848. The number of carbonyl (C=O) groups excluding carboxylic acids is 1. The lowest BCUT2D eigenvalue weighted by molar-refractivity contribution is -0.137. The van der Waals surface area contributed by atoms with Crippen LogP contribution in [-0.4, -0.2) is 28.5 Å². The molecule has 0 aromatic carbocycles. The molecule has 0 aliphatic rings. The molecule has 0 aliphatic carbocycles. The van der Waals surface area contributed by atoms with E-state index in [0.717, 1.165) is 5.69 Å². The molecular weight excluding hydrogens is 196 g/mol. The topological polar surface area (TPSA) is 82.2 Å². The minimum atomic E-state index is -0.848. The molecule has 1 atom stereocenters. The number of hydrogen-bond donors (Lipinski definition) is 3. The maximum Gasteiger partial charge on any atom is 0.303 e. The molecule has 5 nitrogen and oxygen atoms in total. The molecule has 1 aromatic heterocycles. The second-order valence-corrected chi connectivity index (χ2v) is 3.31. The fourth-order valence-corrected chi connectivity index (χ4v) is 1.40. The van der Waals surface area contributed by atoms with Gasteiger partial charge in [-0.15, -0.1) is 0 Å². The quantitative estimate of drug-likeness (QED) is 0.574. The molecule has 5 heteroatoms. The van der Waals surface area contributed by atoms with Crippen molar-refractivity contribution in [3.63, 3.8) is 0 Å². The molecule has 0 saturated heterocycles. The van der Waals surface area contributed by atoms with E-state index >= 15 is 0 Å². The minimum Gasteiger partial charge on any atom is -0.481 e. The van der Waals surface area contributed by atoms with Crippen molar-refractivity contribution >= 4 is 12.4 Å². The van der Waals surface area contributed by atoms with Gasteiger partial charge in [0.15, 0.2) is 0 Å². The number of H-pyrrole nitrogens is 1. The average molecular weight is 210 g/mol. The van der Waals surface area contributed by atoms with Crippen molar-refractivity contribution < 1.29 is 14.7 Å². The third-order valence-electron chi connectivity index (χ3n) is 2.14. The van der Waals surface area contributed by atoms with Gasteiger partial charge in [-0.05, 0) is 18.6 Å². The predicted molar refractivity (Wildman–Crippen MR) is 54.4 cm³/mol. The van der Waals surface area contributed by atoms with E-state index in [-0.39, 0.29) is 12.5 Å². The Morgan fingerprint density at radius 2 is 2.47 bits per heavy atom. The van der Waals surface area contributed by atoms with Crippen molar-refractivity contribution in [1.29, 1.82) is 0 Å². The lowest BCUT2D eigenvalue weighted by Gasteiger charge is -2.13. The molecule has 0 fully saturated rings. The summed E-state index contributed by atoms with van der Waals surface area (Å²) < 4.78 is 0. The van der Waals surface area contributed by atoms with E-state index in [2.05, 4.69) is 10.3 Å². The third kappa shape index (κ3) is 4.30. The van der Waals surface area contributed by atoms with Crippen molar-refractivity contribution in [2.45, 2.75) is 25.3 Å². The number of aromatic amines is 1. The number of aromatic nitrogens is 1. The summed E-state index contributed by atoms with van der Waals surface area (Å²) in [5.41, 5.74) is 0.986. The van der Waals surface area contributed by atoms with E-state index in [1.807, 2.05) is 12.1 Å². The summed E-state index contributed by atoms with van der Waals surface area (Å²) in [7, 11) is 0. The highest BCUT2D eigenvalue weighted by molar-refractivity contribution is 5.66. The van der Waals surface area contributed by atoms with Crippen LogP contribution in [0.1, 0.15) is 18.5 Å². The van der Waals surface area contributed by atoms with Gasteiger partial charge in [0, 0.05) is 30.8 Å². The number of carbonyl (C=O) groups is 2. The standard InChI is InChI=1S/C10H14N2O3/c13-7-12-9(3-4-10(14)15)6-8-2-1-5-11-8/h1-2,5,7,9,11H,3-4,6H2,(H,12,13)(H,14,15). The van der Waals surface area contributed by atoms with Crippen molar-refractivity contribution in [3.8, 4) is 0 Å². The SMILES string of the molecule is O=CNC(CCC(=O)O)Cc1ccc[nH]1. The highest BCUT2D eigenvalue weighted by Gasteiger charge is 2.10. The largest absolute Gasteiger partial charge is 0.481 e. The average Bonchev–Trinajstić information content (AvgIpc) is 2.67. The summed E-state index contributed by atoms with van der Waals surface area (Å²) in [6.07, 6.45) is 3.53. The van der Waals surface area contributed by atoms with E-state index in [1.54, 1.807) is 6.20 Å². The maximum absolute atomic E-state index is 10.4. The highest BCUT2D eigenvalue weighted by atomic mass is 16.4. The number of carboxylic acids is 1. The summed E-state index contributed by atoms with van der Waals surface area (Å²) in [6.45, 7) is 0. The maximum atomic E-state index is 10.4. The van der Waals surface area contributed by atoms with E-state index < -0.39 is 5.97 Å². The lowest BCUT2D eigenvalue weighted by atomic mass is 10.1. The molecule has 0 aliphatic heterocycles. The van der Waals surface area contributed by atoms with Crippen LogP contribution in [0.25, 0.3) is 0 Å². The molecule has 0 spiro atoms. The summed E-state index contributed by atoms with van der Waals surface area (Å²) in [5, 5.41) is 11.1. The second kappa shape index (κ2) is 5.85. The normalized spacial score (nSPS) is 12.0. The molecule has 1 unspecified atom stereocenters. The number of carboxylic acid groups (broad SMARTS) is 1. The Morgan fingerprint density at radius 3 is 3.00 bits per heavy atom. The van der Waals surface area contributed by atoms with Gasteiger partial charge in [-0.2, -0.15) is 0 Å². The van der Waals surface area contributed by atoms with Gasteiger partial charge in [0.25, 0.3) is 0 Å². The first-order valence-corrected chi connectivity index (χ1v) is 4.76. The van der Waals surface area contributed by atoms with Crippen LogP contribution in [-0.2, 0) is 16.0 Å². The first-order chi connectivity index (χ1) is 7.22. The number of nitrogens with one attached hydrogen (secondary N) is 2. The fraction of sp³-hybridized carbons (Fsp3) is 0.400.